The molecule has 25 heavy (non-hydrogen) atoms. The minimum atomic E-state index is 0.787. The Balaban J connectivity index is 1.80. The lowest BCUT2D eigenvalue weighted by molar-refractivity contribution is 1.13. The second-order valence-electron chi connectivity index (χ2n) is 6.29. The summed E-state index contributed by atoms with van der Waals surface area (Å²) in [6.07, 6.45) is 0.894. The molecule has 0 spiro atoms. The first-order valence-electron chi connectivity index (χ1n) is 8.50. The van der Waals surface area contributed by atoms with Gasteiger partial charge >= 0.3 is 0 Å². The molecule has 0 saturated carbocycles. The highest BCUT2D eigenvalue weighted by Crippen LogP contribution is 2.40. The van der Waals surface area contributed by atoms with Crippen molar-refractivity contribution in [3.8, 4) is 33.9 Å². The first-order chi connectivity index (χ1) is 12.4. The zero-order valence-electron chi connectivity index (χ0n) is 13.7. The molecule has 1 aliphatic carbocycles. The van der Waals surface area contributed by atoms with Gasteiger partial charge in [-0.1, -0.05) is 84.9 Å². The maximum absolute atomic E-state index is 4.96. The summed E-state index contributed by atoms with van der Waals surface area (Å²) in [6.45, 7) is 0. The molecule has 0 amide bonds. The maximum Gasteiger partial charge on any atom is 0.160 e. The van der Waals surface area contributed by atoms with E-state index >= 15 is 0 Å². The predicted octanol–water partition coefficient (Wildman–Crippen LogP) is 5.38. The van der Waals surface area contributed by atoms with Crippen molar-refractivity contribution in [2.75, 3.05) is 0 Å². The van der Waals surface area contributed by atoms with Crippen LogP contribution < -0.4 is 0 Å². The number of fused-ring (bicyclic) bond motifs is 3. The maximum atomic E-state index is 4.96. The third-order valence-corrected chi connectivity index (χ3v) is 4.73. The Kier molecular flexibility index (Phi) is 3.20. The third kappa shape index (κ3) is 2.34. The van der Waals surface area contributed by atoms with Crippen molar-refractivity contribution >= 4 is 0 Å². The van der Waals surface area contributed by atoms with Crippen LogP contribution in [-0.2, 0) is 6.42 Å². The van der Waals surface area contributed by atoms with E-state index in [-0.39, 0.29) is 0 Å². The summed E-state index contributed by atoms with van der Waals surface area (Å²) >= 11 is 0. The van der Waals surface area contributed by atoms with Gasteiger partial charge in [-0.15, -0.1) is 0 Å². The fourth-order valence-electron chi connectivity index (χ4n) is 3.52. The van der Waals surface area contributed by atoms with Crippen LogP contribution in [0.4, 0.5) is 0 Å². The summed E-state index contributed by atoms with van der Waals surface area (Å²) < 4.78 is 0. The number of hydrogen-bond donors (Lipinski definition) is 0. The standard InChI is InChI=1S/C23H16N2/c1-3-9-16(10-4-1)21-20-15-18-13-7-8-14-19(18)22(20)25-23(24-21)17-11-5-2-6-12-17/h1-14H,15H2. The number of rotatable bonds is 2. The first-order valence-corrected chi connectivity index (χ1v) is 8.50. The first kappa shape index (κ1) is 14.1. The van der Waals surface area contributed by atoms with Crippen molar-refractivity contribution in [1.29, 1.82) is 0 Å². The van der Waals surface area contributed by atoms with Crippen LogP contribution in [0.1, 0.15) is 11.1 Å². The Morgan fingerprint density at radius 1 is 0.560 bits per heavy atom. The molecule has 2 nitrogen and oxygen atoms in total. The molecular formula is C23H16N2. The minimum absolute atomic E-state index is 0.787. The van der Waals surface area contributed by atoms with E-state index in [9.17, 15) is 0 Å². The number of hydrogen-bond acceptors (Lipinski definition) is 2. The summed E-state index contributed by atoms with van der Waals surface area (Å²) in [5.74, 6) is 0.787. The molecule has 0 fully saturated rings. The van der Waals surface area contributed by atoms with Gasteiger partial charge in [0.05, 0.1) is 11.4 Å². The van der Waals surface area contributed by atoms with E-state index in [0.29, 0.717) is 0 Å². The lowest BCUT2D eigenvalue weighted by atomic mass is 10.0. The SMILES string of the molecule is c1ccc(-c2nc(-c3ccccc3)c3c(n2)-c2ccccc2C3)cc1. The van der Waals surface area contributed by atoms with Crippen molar-refractivity contribution in [3.63, 3.8) is 0 Å². The van der Waals surface area contributed by atoms with Crippen LogP contribution in [0.15, 0.2) is 84.9 Å². The van der Waals surface area contributed by atoms with Gasteiger partial charge in [0.2, 0.25) is 0 Å². The van der Waals surface area contributed by atoms with E-state index in [1.54, 1.807) is 0 Å². The molecule has 2 heteroatoms. The minimum Gasteiger partial charge on any atom is -0.228 e. The smallest absolute Gasteiger partial charge is 0.160 e. The second-order valence-corrected chi connectivity index (χ2v) is 6.29. The van der Waals surface area contributed by atoms with E-state index in [2.05, 4.69) is 60.7 Å². The number of benzene rings is 3. The van der Waals surface area contributed by atoms with Gasteiger partial charge in [-0.3, -0.25) is 0 Å². The summed E-state index contributed by atoms with van der Waals surface area (Å²) in [5.41, 5.74) is 8.09. The van der Waals surface area contributed by atoms with Gasteiger partial charge in [0.1, 0.15) is 0 Å². The van der Waals surface area contributed by atoms with Crippen LogP contribution in [0, 0.1) is 0 Å². The lowest BCUT2D eigenvalue weighted by Gasteiger charge is -2.11. The lowest BCUT2D eigenvalue weighted by Crippen LogP contribution is -1.99. The molecule has 0 radical (unpaired) electrons. The average molecular weight is 320 g/mol. The molecule has 0 aliphatic heterocycles. The summed E-state index contributed by atoms with van der Waals surface area (Å²) in [5, 5.41) is 0. The molecule has 1 aromatic heterocycles. The highest BCUT2D eigenvalue weighted by atomic mass is 14.9. The topological polar surface area (TPSA) is 25.8 Å². The van der Waals surface area contributed by atoms with Gasteiger partial charge in [0.25, 0.3) is 0 Å². The molecule has 3 aromatic carbocycles. The quantitative estimate of drug-likeness (QED) is 0.436. The van der Waals surface area contributed by atoms with Crippen LogP contribution in [0.5, 0.6) is 0 Å². The Morgan fingerprint density at radius 2 is 1.16 bits per heavy atom. The molecule has 0 N–H and O–H groups in total. The zero-order chi connectivity index (χ0) is 16.6. The average Bonchev–Trinajstić information content (AvgIpc) is 3.07. The zero-order valence-corrected chi connectivity index (χ0v) is 13.7. The van der Waals surface area contributed by atoms with E-state index in [4.69, 9.17) is 9.97 Å². The van der Waals surface area contributed by atoms with Crippen LogP contribution in [-0.4, -0.2) is 9.97 Å². The third-order valence-electron chi connectivity index (χ3n) is 4.73. The van der Waals surface area contributed by atoms with Gasteiger partial charge in [0.15, 0.2) is 5.82 Å². The fourth-order valence-corrected chi connectivity index (χ4v) is 3.52. The van der Waals surface area contributed by atoms with Gasteiger partial charge in [-0.05, 0) is 5.56 Å². The van der Waals surface area contributed by atoms with E-state index < -0.39 is 0 Å². The normalized spacial score (nSPS) is 11.8. The van der Waals surface area contributed by atoms with Crippen LogP contribution >= 0.6 is 0 Å². The van der Waals surface area contributed by atoms with Crippen LogP contribution in [0.25, 0.3) is 33.9 Å². The van der Waals surface area contributed by atoms with Gasteiger partial charge in [-0.25, -0.2) is 9.97 Å². The molecule has 4 aromatic rings. The molecule has 0 bridgehead atoms. The second kappa shape index (κ2) is 5.67. The Morgan fingerprint density at radius 3 is 1.92 bits per heavy atom. The molecule has 1 heterocycles. The van der Waals surface area contributed by atoms with Crippen molar-refractivity contribution in [2.45, 2.75) is 6.42 Å². The monoisotopic (exact) mass is 320 g/mol. The summed E-state index contributed by atoms with van der Waals surface area (Å²) in [4.78, 5) is 9.90. The van der Waals surface area contributed by atoms with Crippen molar-refractivity contribution in [1.82, 2.24) is 9.97 Å². The van der Waals surface area contributed by atoms with Crippen LogP contribution in [0.2, 0.25) is 0 Å². The summed E-state index contributed by atoms with van der Waals surface area (Å²) in [6, 6.07) is 29.2. The highest BCUT2D eigenvalue weighted by Gasteiger charge is 2.25. The number of nitrogens with zero attached hydrogens (tertiary/aromatic N) is 2. The van der Waals surface area contributed by atoms with Gasteiger partial charge < -0.3 is 0 Å². The molecule has 0 saturated heterocycles. The van der Waals surface area contributed by atoms with Crippen molar-refractivity contribution in [3.05, 3.63) is 96.1 Å². The van der Waals surface area contributed by atoms with Crippen molar-refractivity contribution < 1.29 is 0 Å². The Hall–Kier alpha value is -3.26. The molecule has 0 atom stereocenters. The fraction of sp³-hybridized carbons (Fsp3) is 0.0435. The molecule has 0 unspecified atom stereocenters. The largest absolute Gasteiger partial charge is 0.228 e. The van der Waals surface area contributed by atoms with E-state index in [0.717, 1.165) is 34.8 Å². The van der Waals surface area contributed by atoms with Crippen molar-refractivity contribution in [2.24, 2.45) is 0 Å². The highest BCUT2D eigenvalue weighted by molar-refractivity contribution is 5.82. The molecule has 5 rings (SSSR count). The Labute approximate surface area is 146 Å². The summed E-state index contributed by atoms with van der Waals surface area (Å²) in [7, 11) is 0. The predicted molar refractivity (Wildman–Crippen MR) is 101 cm³/mol. The van der Waals surface area contributed by atoms with Gasteiger partial charge in [0, 0.05) is 28.7 Å². The van der Waals surface area contributed by atoms with Gasteiger partial charge in [-0.2, -0.15) is 0 Å². The number of aromatic nitrogens is 2. The van der Waals surface area contributed by atoms with Crippen LogP contribution in [0.3, 0.4) is 0 Å². The molecule has 1 aliphatic rings. The van der Waals surface area contributed by atoms with E-state index in [1.165, 1.54) is 16.7 Å². The van der Waals surface area contributed by atoms with E-state index in [1.807, 2.05) is 24.3 Å². The molecule has 118 valence electrons. The Bertz CT molecular complexity index is 1050. The molecular weight excluding hydrogens is 304 g/mol.